The molecule has 0 unspecified atom stereocenters. The van der Waals surface area contributed by atoms with Gasteiger partial charge in [-0.2, -0.15) is 0 Å². The number of aliphatic hydroxyl groups excluding tert-OH is 4. The maximum atomic E-state index is 11.8. The van der Waals surface area contributed by atoms with Gasteiger partial charge in [-0.3, -0.25) is 4.79 Å². The molecule has 7 nitrogen and oxygen atoms in total. The molecule has 0 saturated carbocycles. The number of hydrogen-bond donors (Lipinski definition) is 5. The standard InChI is InChI=1S/C22H41NO6/c1-2-3-4-5-6-7-8-9-10-11-12-13-14-15-20(27)23-18(16-24)21(28)22(29)19(26)17-25/h14-16,18-19,21-22,25-26,28-29H,2-13,17H2,1H3,(H,23,27)/t18-,19+,21+,22+/m0/s1. The summed E-state index contributed by atoms with van der Waals surface area (Å²) >= 11 is 0. The van der Waals surface area contributed by atoms with Gasteiger partial charge in [0.2, 0.25) is 5.91 Å². The van der Waals surface area contributed by atoms with Crippen LogP contribution in [0.1, 0.15) is 84.0 Å². The molecule has 0 spiro atoms. The molecule has 0 aromatic carbocycles. The van der Waals surface area contributed by atoms with Crippen LogP contribution in [0.15, 0.2) is 12.2 Å². The molecule has 0 aliphatic carbocycles. The Bertz CT molecular complexity index is 443. The fourth-order valence-corrected chi connectivity index (χ4v) is 3.08. The monoisotopic (exact) mass is 415 g/mol. The first kappa shape index (κ1) is 27.7. The molecule has 0 heterocycles. The van der Waals surface area contributed by atoms with Crippen LogP contribution in [0.4, 0.5) is 0 Å². The summed E-state index contributed by atoms with van der Waals surface area (Å²) in [4.78, 5) is 22.9. The van der Waals surface area contributed by atoms with E-state index in [-0.39, 0.29) is 6.29 Å². The Hall–Kier alpha value is -1.28. The summed E-state index contributed by atoms with van der Waals surface area (Å²) in [5.74, 6) is -0.560. The molecular formula is C22H41NO6. The van der Waals surface area contributed by atoms with E-state index >= 15 is 0 Å². The molecule has 5 N–H and O–H groups in total. The van der Waals surface area contributed by atoms with E-state index in [9.17, 15) is 24.9 Å². The number of unbranched alkanes of at least 4 members (excludes halogenated alkanes) is 11. The summed E-state index contributed by atoms with van der Waals surface area (Å²) in [5.41, 5.74) is 0. The zero-order valence-corrected chi connectivity index (χ0v) is 17.8. The fraction of sp³-hybridized carbons (Fsp3) is 0.818. The van der Waals surface area contributed by atoms with E-state index in [0.29, 0.717) is 0 Å². The van der Waals surface area contributed by atoms with Gasteiger partial charge in [-0.15, -0.1) is 0 Å². The van der Waals surface area contributed by atoms with Crippen molar-refractivity contribution in [3.63, 3.8) is 0 Å². The highest BCUT2D eigenvalue weighted by atomic mass is 16.4. The van der Waals surface area contributed by atoms with Crippen molar-refractivity contribution in [1.29, 1.82) is 0 Å². The van der Waals surface area contributed by atoms with Crippen molar-refractivity contribution >= 4 is 12.2 Å². The molecule has 0 bridgehead atoms. The topological polar surface area (TPSA) is 127 Å². The molecule has 0 radical (unpaired) electrons. The summed E-state index contributed by atoms with van der Waals surface area (Å²) in [6.07, 6.45) is 12.8. The Balaban J connectivity index is 3.83. The van der Waals surface area contributed by atoms with Crippen molar-refractivity contribution in [3.8, 4) is 0 Å². The Kier molecular flexibility index (Phi) is 17.9. The lowest BCUT2D eigenvalue weighted by Crippen LogP contribution is -2.53. The van der Waals surface area contributed by atoms with Gasteiger partial charge in [0.05, 0.1) is 6.61 Å². The molecule has 0 saturated heterocycles. The van der Waals surface area contributed by atoms with Crippen molar-refractivity contribution in [2.45, 2.75) is 108 Å². The smallest absolute Gasteiger partial charge is 0.244 e. The lowest BCUT2D eigenvalue weighted by molar-refractivity contribution is -0.128. The SMILES string of the molecule is CCCCCCCCCCCCCC=CC(=O)N[C@@H](C=O)[C@@H](O)[C@H](O)[C@H](O)CO. The first-order valence-electron chi connectivity index (χ1n) is 11.0. The third-order valence-corrected chi connectivity index (χ3v) is 5.00. The van der Waals surface area contributed by atoms with Crippen molar-refractivity contribution in [1.82, 2.24) is 5.32 Å². The number of nitrogens with one attached hydrogen (secondary N) is 1. The van der Waals surface area contributed by atoms with Crippen LogP contribution in [0.5, 0.6) is 0 Å². The Morgan fingerprint density at radius 2 is 1.38 bits per heavy atom. The van der Waals surface area contributed by atoms with Gasteiger partial charge in [0.15, 0.2) is 0 Å². The predicted molar refractivity (Wildman–Crippen MR) is 113 cm³/mol. The van der Waals surface area contributed by atoms with E-state index in [2.05, 4.69) is 12.2 Å². The molecular weight excluding hydrogens is 374 g/mol. The van der Waals surface area contributed by atoms with Gasteiger partial charge in [-0.05, 0) is 18.9 Å². The highest BCUT2D eigenvalue weighted by molar-refractivity contribution is 5.89. The van der Waals surface area contributed by atoms with Crippen LogP contribution in [-0.4, -0.2) is 63.6 Å². The minimum absolute atomic E-state index is 0.285. The van der Waals surface area contributed by atoms with E-state index in [4.69, 9.17) is 5.11 Å². The van der Waals surface area contributed by atoms with Crippen molar-refractivity contribution in [2.24, 2.45) is 0 Å². The van der Waals surface area contributed by atoms with Crippen molar-refractivity contribution in [3.05, 3.63) is 12.2 Å². The number of aldehydes is 1. The molecule has 0 aliphatic heterocycles. The van der Waals surface area contributed by atoms with E-state index in [1.807, 2.05) is 0 Å². The van der Waals surface area contributed by atoms with Crippen LogP contribution in [0, 0.1) is 0 Å². The number of carbonyl (C=O) groups is 2. The first-order valence-corrected chi connectivity index (χ1v) is 11.0. The Morgan fingerprint density at radius 3 is 1.86 bits per heavy atom. The summed E-state index contributed by atoms with van der Waals surface area (Å²) < 4.78 is 0. The minimum atomic E-state index is -1.74. The van der Waals surface area contributed by atoms with Gasteiger partial charge in [-0.1, -0.05) is 77.2 Å². The maximum absolute atomic E-state index is 11.8. The summed E-state index contributed by atoms with van der Waals surface area (Å²) in [7, 11) is 0. The largest absolute Gasteiger partial charge is 0.394 e. The van der Waals surface area contributed by atoms with Gasteiger partial charge in [-0.25, -0.2) is 0 Å². The summed E-state index contributed by atoms with van der Waals surface area (Å²) in [6.45, 7) is 1.46. The molecule has 0 aromatic rings. The molecule has 7 heteroatoms. The van der Waals surface area contributed by atoms with Crippen molar-refractivity contribution in [2.75, 3.05) is 6.61 Å². The zero-order valence-electron chi connectivity index (χ0n) is 17.8. The third kappa shape index (κ3) is 14.4. The normalized spacial score (nSPS) is 15.8. The molecule has 0 rings (SSSR count). The van der Waals surface area contributed by atoms with E-state index in [0.717, 1.165) is 19.3 Å². The van der Waals surface area contributed by atoms with Crippen LogP contribution >= 0.6 is 0 Å². The Labute approximate surface area is 175 Å². The maximum Gasteiger partial charge on any atom is 0.244 e. The van der Waals surface area contributed by atoms with Crippen LogP contribution in [-0.2, 0) is 9.59 Å². The zero-order chi connectivity index (χ0) is 21.9. The summed E-state index contributed by atoms with van der Waals surface area (Å²) in [5, 5.41) is 39.8. The number of aliphatic hydroxyl groups is 4. The second-order valence-corrected chi connectivity index (χ2v) is 7.63. The number of rotatable bonds is 19. The van der Waals surface area contributed by atoms with Crippen LogP contribution in [0.3, 0.4) is 0 Å². The second kappa shape index (κ2) is 18.7. The molecule has 0 aliphatic rings. The molecule has 29 heavy (non-hydrogen) atoms. The number of carbonyl (C=O) groups excluding carboxylic acids is 2. The lowest BCUT2D eigenvalue weighted by Gasteiger charge is -2.25. The van der Waals surface area contributed by atoms with E-state index in [1.165, 1.54) is 63.9 Å². The van der Waals surface area contributed by atoms with E-state index in [1.54, 1.807) is 6.08 Å². The van der Waals surface area contributed by atoms with E-state index < -0.39 is 36.9 Å². The molecule has 4 atom stereocenters. The molecule has 1 amide bonds. The van der Waals surface area contributed by atoms with Crippen LogP contribution in [0.2, 0.25) is 0 Å². The molecule has 0 aromatic heterocycles. The van der Waals surface area contributed by atoms with Crippen molar-refractivity contribution < 1.29 is 30.0 Å². The quantitative estimate of drug-likeness (QED) is 0.125. The third-order valence-electron chi connectivity index (χ3n) is 5.00. The average Bonchev–Trinajstić information content (AvgIpc) is 2.73. The lowest BCUT2D eigenvalue weighted by atomic mass is 10.0. The molecule has 170 valence electrons. The average molecular weight is 416 g/mol. The molecule has 0 fully saturated rings. The van der Waals surface area contributed by atoms with Crippen LogP contribution in [0.25, 0.3) is 0 Å². The van der Waals surface area contributed by atoms with Gasteiger partial charge in [0, 0.05) is 0 Å². The second-order valence-electron chi connectivity index (χ2n) is 7.63. The van der Waals surface area contributed by atoms with Gasteiger partial charge in [0.1, 0.15) is 30.6 Å². The predicted octanol–water partition coefficient (Wildman–Crippen LogP) is 2.00. The highest BCUT2D eigenvalue weighted by Gasteiger charge is 2.31. The van der Waals surface area contributed by atoms with Gasteiger partial charge >= 0.3 is 0 Å². The fourth-order valence-electron chi connectivity index (χ4n) is 3.08. The Morgan fingerprint density at radius 1 is 0.862 bits per heavy atom. The van der Waals surface area contributed by atoms with Gasteiger partial charge < -0.3 is 30.5 Å². The van der Waals surface area contributed by atoms with Gasteiger partial charge in [0.25, 0.3) is 0 Å². The number of allylic oxidation sites excluding steroid dienone is 1. The van der Waals surface area contributed by atoms with Crippen LogP contribution < -0.4 is 5.32 Å². The minimum Gasteiger partial charge on any atom is -0.394 e. The summed E-state index contributed by atoms with van der Waals surface area (Å²) in [6, 6.07) is -1.37. The number of amides is 1. The number of hydrogen-bond acceptors (Lipinski definition) is 6. The highest BCUT2D eigenvalue weighted by Crippen LogP contribution is 2.12. The first-order chi connectivity index (χ1) is 14.0.